The summed E-state index contributed by atoms with van der Waals surface area (Å²) in [6, 6.07) is -0.0512. The van der Waals surface area contributed by atoms with Crippen molar-refractivity contribution in [2.75, 3.05) is 26.2 Å². The van der Waals surface area contributed by atoms with Crippen LogP contribution >= 0.6 is 0 Å². The van der Waals surface area contributed by atoms with Crippen molar-refractivity contribution in [3.05, 3.63) is 0 Å². The fourth-order valence-electron chi connectivity index (χ4n) is 1.74. The van der Waals surface area contributed by atoms with Gasteiger partial charge in [-0.15, -0.1) is 0 Å². The molecule has 2 N–H and O–H groups in total. The number of carbonyl (C=O) groups is 1. The number of carbonyl (C=O) groups excluding carboxylic acids is 1. The first kappa shape index (κ1) is 12.5. The van der Waals surface area contributed by atoms with E-state index in [-0.39, 0.29) is 18.6 Å². The highest BCUT2D eigenvalue weighted by atomic mass is 16.3. The molecule has 1 amide bonds. The van der Waals surface area contributed by atoms with Gasteiger partial charge in [0.15, 0.2) is 0 Å². The minimum Gasteiger partial charge on any atom is -0.396 e. The fourth-order valence-corrected chi connectivity index (χ4v) is 1.74. The number of nitrogens with zero attached hydrogens (tertiary/aromatic N) is 1. The third-order valence-electron chi connectivity index (χ3n) is 3.00. The van der Waals surface area contributed by atoms with Crippen LogP contribution < -0.4 is 5.32 Å². The van der Waals surface area contributed by atoms with Crippen LogP contribution in [0.15, 0.2) is 0 Å². The van der Waals surface area contributed by atoms with Crippen LogP contribution in [0.4, 0.5) is 0 Å². The number of unbranched alkanes of at least 4 members (excludes halogenated alkanes) is 1. The maximum Gasteiger partial charge on any atom is 0.237 e. The molecule has 88 valence electrons. The molecule has 1 rings (SSSR count). The van der Waals surface area contributed by atoms with Crippen molar-refractivity contribution in [3.63, 3.8) is 0 Å². The van der Waals surface area contributed by atoms with Crippen LogP contribution in [0.2, 0.25) is 0 Å². The SMILES string of the molecule is CCCCNC(=O)C(C)N1CC(CO)C1. The second-order valence-corrected chi connectivity index (χ2v) is 4.32. The van der Waals surface area contributed by atoms with Crippen molar-refractivity contribution in [2.45, 2.75) is 32.7 Å². The molecule has 0 saturated carbocycles. The van der Waals surface area contributed by atoms with E-state index in [0.717, 1.165) is 32.5 Å². The third-order valence-corrected chi connectivity index (χ3v) is 3.00. The highest BCUT2D eigenvalue weighted by Gasteiger charge is 2.32. The van der Waals surface area contributed by atoms with Gasteiger partial charge in [0.05, 0.1) is 6.04 Å². The molecule has 0 aliphatic carbocycles. The van der Waals surface area contributed by atoms with Gasteiger partial charge >= 0.3 is 0 Å². The van der Waals surface area contributed by atoms with Gasteiger partial charge in [0.2, 0.25) is 5.91 Å². The van der Waals surface area contributed by atoms with Gasteiger partial charge in [-0.1, -0.05) is 13.3 Å². The summed E-state index contributed by atoms with van der Waals surface area (Å²) in [7, 11) is 0. The largest absolute Gasteiger partial charge is 0.396 e. The molecule has 15 heavy (non-hydrogen) atoms. The summed E-state index contributed by atoms with van der Waals surface area (Å²) in [4.78, 5) is 13.7. The predicted molar refractivity (Wildman–Crippen MR) is 59.5 cm³/mol. The lowest BCUT2D eigenvalue weighted by Crippen LogP contribution is -2.57. The Hall–Kier alpha value is -0.610. The van der Waals surface area contributed by atoms with E-state index in [9.17, 15) is 4.79 Å². The van der Waals surface area contributed by atoms with Gasteiger partial charge in [-0.05, 0) is 13.3 Å². The summed E-state index contributed by atoms with van der Waals surface area (Å²) in [5.41, 5.74) is 0. The molecular formula is C11H22N2O2. The Morgan fingerprint density at radius 3 is 2.80 bits per heavy atom. The number of hydrogen-bond acceptors (Lipinski definition) is 3. The maximum absolute atomic E-state index is 11.6. The molecule has 1 saturated heterocycles. The average Bonchev–Trinajstić information content (AvgIpc) is 2.16. The summed E-state index contributed by atoms with van der Waals surface area (Å²) in [5, 5.41) is 11.8. The Bertz CT molecular complexity index is 203. The van der Waals surface area contributed by atoms with Gasteiger partial charge in [-0.25, -0.2) is 0 Å². The zero-order valence-corrected chi connectivity index (χ0v) is 9.70. The van der Waals surface area contributed by atoms with E-state index in [1.807, 2.05) is 6.92 Å². The van der Waals surface area contributed by atoms with Crippen LogP contribution in [0.1, 0.15) is 26.7 Å². The van der Waals surface area contributed by atoms with Crippen molar-refractivity contribution in [1.29, 1.82) is 0 Å². The summed E-state index contributed by atoms with van der Waals surface area (Å²) >= 11 is 0. The smallest absolute Gasteiger partial charge is 0.237 e. The number of aliphatic hydroxyl groups excluding tert-OH is 1. The third kappa shape index (κ3) is 3.47. The molecule has 1 aliphatic rings. The van der Waals surface area contributed by atoms with E-state index in [1.54, 1.807) is 0 Å². The van der Waals surface area contributed by atoms with Crippen molar-refractivity contribution < 1.29 is 9.90 Å². The first-order valence-corrected chi connectivity index (χ1v) is 5.81. The monoisotopic (exact) mass is 214 g/mol. The lowest BCUT2D eigenvalue weighted by atomic mass is 9.99. The lowest BCUT2D eigenvalue weighted by molar-refractivity contribution is -0.129. The van der Waals surface area contributed by atoms with E-state index in [1.165, 1.54) is 0 Å². The Kier molecular flexibility index (Phi) is 5.05. The predicted octanol–water partition coefficient (Wildman–Crippen LogP) is 0.215. The molecule has 1 aliphatic heterocycles. The first-order valence-electron chi connectivity index (χ1n) is 5.81. The minimum absolute atomic E-state index is 0.0512. The second-order valence-electron chi connectivity index (χ2n) is 4.32. The Labute approximate surface area is 91.6 Å². The van der Waals surface area contributed by atoms with Gasteiger partial charge in [-0.3, -0.25) is 9.69 Å². The maximum atomic E-state index is 11.6. The Morgan fingerprint density at radius 2 is 2.27 bits per heavy atom. The zero-order chi connectivity index (χ0) is 11.3. The van der Waals surface area contributed by atoms with Crippen LogP contribution in [0.3, 0.4) is 0 Å². The topological polar surface area (TPSA) is 52.6 Å². The van der Waals surface area contributed by atoms with Crippen molar-refractivity contribution in [3.8, 4) is 0 Å². The van der Waals surface area contributed by atoms with Crippen LogP contribution in [-0.4, -0.2) is 48.2 Å². The van der Waals surface area contributed by atoms with Gasteiger partial charge < -0.3 is 10.4 Å². The summed E-state index contributed by atoms with van der Waals surface area (Å²) in [6.45, 7) is 6.74. The van der Waals surface area contributed by atoms with E-state index in [0.29, 0.717) is 5.92 Å². The average molecular weight is 214 g/mol. The van der Waals surface area contributed by atoms with E-state index in [4.69, 9.17) is 5.11 Å². The molecule has 1 fully saturated rings. The lowest BCUT2D eigenvalue weighted by Gasteiger charge is -2.41. The van der Waals surface area contributed by atoms with Crippen molar-refractivity contribution in [2.24, 2.45) is 5.92 Å². The van der Waals surface area contributed by atoms with E-state index >= 15 is 0 Å². The van der Waals surface area contributed by atoms with Crippen LogP contribution in [0.25, 0.3) is 0 Å². The minimum atomic E-state index is -0.0512. The summed E-state index contributed by atoms with van der Waals surface area (Å²) in [5.74, 6) is 0.482. The number of aliphatic hydroxyl groups is 1. The van der Waals surface area contributed by atoms with Gasteiger partial charge in [0.25, 0.3) is 0 Å². The highest BCUT2D eigenvalue weighted by Crippen LogP contribution is 2.17. The Morgan fingerprint density at radius 1 is 1.60 bits per heavy atom. The van der Waals surface area contributed by atoms with Crippen molar-refractivity contribution in [1.82, 2.24) is 10.2 Å². The number of nitrogens with one attached hydrogen (secondary N) is 1. The first-order chi connectivity index (χ1) is 7.19. The van der Waals surface area contributed by atoms with Crippen LogP contribution in [0, 0.1) is 5.92 Å². The van der Waals surface area contributed by atoms with Crippen LogP contribution in [-0.2, 0) is 4.79 Å². The fraction of sp³-hybridized carbons (Fsp3) is 0.909. The summed E-state index contributed by atoms with van der Waals surface area (Å²) < 4.78 is 0. The van der Waals surface area contributed by atoms with Crippen LogP contribution in [0.5, 0.6) is 0 Å². The number of amides is 1. The standard InChI is InChI=1S/C11H22N2O2/c1-3-4-5-12-11(15)9(2)13-6-10(7-13)8-14/h9-10,14H,3-8H2,1-2H3,(H,12,15). The van der Waals surface area contributed by atoms with Gasteiger partial charge in [-0.2, -0.15) is 0 Å². The Balaban J connectivity index is 2.16. The molecule has 0 spiro atoms. The molecule has 4 heteroatoms. The van der Waals surface area contributed by atoms with E-state index < -0.39 is 0 Å². The van der Waals surface area contributed by atoms with E-state index in [2.05, 4.69) is 17.1 Å². The van der Waals surface area contributed by atoms with Gasteiger partial charge in [0, 0.05) is 32.2 Å². The normalized spacial score (nSPS) is 19.7. The molecule has 1 heterocycles. The molecule has 0 aromatic rings. The molecule has 0 bridgehead atoms. The molecule has 0 radical (unpaired) electrons. The highest BCUT2D eigenvalue weighted by molar-refractivity contribution is 5.81. The summed E-state index contributed by atoms with van der Waals surface area (Å²) in [6.07, 6.45) is 2.14. The number of hydrogen-bond donors (Lipinski definition) is 2. The molecule has 0 aromatic carbocycles. The molecule has 1 unspecified atom stereocenters. The quantitative estimate of drug-likeness (QED) is 0.622. The molecule has 1 atom stereocenters. The molecular weight excluding hydrogens is 192 g/mol. The van der Waals surface area contributed by atoms with Gasteiger partial charge in [0.1, 0.15) is 0 Å². The van der Waals surface area contributed by atoms with Crippen molar-refractivity contribution >= 4 is 5.91 Å². The second kappa shape index (κ2) is 6.08. The zero-order valence-electron chi connectivity index (χ0n) is 9.70. The molecule has 0 aromatic heterocycles. The molecule has 4 nitrogen and oxygen atoms in total. The number of likely N-dealkylation sites (tertiary alicyclic amines) is 1. The number of rotatable bonds is 6.